The smallest absolute Gasteiger partial charge is 0.0431 e. The van der Waals surface area contributed by atoms with Crippen LogP contribution in [-0.4, -0.2) is 24.3 Å². The van der Waals surface area contributed by atoms with Gasteiger partial charge in [-0.05, 0) is 56.2 Å². The second-order valence-electron chi connectivity index (χ2n) is 5.81. The fourth-order valence-corrected chi connectivity index (χ4v) is 2.98. The molecule has 1 saturated carbocycles. The van der Waals surface area contributed by atoms with Crippen LogP contribution in [0, 0.1) is 6.92 Å². The van der Waals surface area contributed by atoms with E-state index >= 15 is 0 Å². The van der Waals surface area contributed by atoms with Crippen LogP contribution in [-0.2, 0) is 0 Å². The molecule has 0 spiro atoms. The molecule has 0 aliphatic heterocycles. The minimum absolute atomic E-state index is 0.341. The van der Waals surface area contributed by atoms with E-state index in [-0.39, 0.29) is 0 Å². The molecule has 0 heterocycles. The van der Waals surface area contributed by atoms with E-state index in [1.165, 1.54) is 31.2 Å². The lowest BCUT2D eigenvalue weighted by Crippen LogP contribution is -2.40. The van der Waals surface area contributed by atoms with Crippen LogP contribution in [0.15, 0.2) is 24.3 Å². The van der Waals surface area contributed by atoms with Gasteiger partial charge in [0.25, 0.3) is 0 Å². The third kappa shape index (κ3) is 4.32. The van der Waals surface area contributed by atoms with Gasteiger partial charge in [-0.2, -0.15) is 0 Å². The van der Waals surface area contributed by atoms with Crippen molar-refractivity contribution in [3.8, 4) is 0 Å². The summed E-state index contributed by atoms with van der Waals surface area (Å²) >= 11 is 0. The SMILES string of the molecule is Cc1ccccc1C1CC(NCCCCCCO)C1. The molecule has 1 aromatic carbocycles. The van der Waals surface area contributed by atoms with Gasteiger partial charge in [0, 0.05) is 12.6 Å². The fourth-order valence-electron chi connectivity index (χ4n) is 2.98. The number of unbranched alkanes of at least 4 members (excludes halogenated alkanes) is 3. The maximum Gasteiger partial charge on any atom is 0.0431 e. The summed E-state index contributed by atoms with van der Waals surface area (Å²) in [5.74, 6) is 0.771. The highest BCUT2D eigenvalue weighted by molar-refractivity contribution is 5.31. The summed E-state index contributed by atoms with van der Waals surface area (Å²) in [6, 6.07) is 9.51. The zero-order valence-corrected chi connectivity index (χ0v) is 12.1. The van der Waals surface area contributed by atoms with Gasteiger partial charge in [-0.25, -0.2) is 0 Å². The van der Waals surface area contributed by atoms with Crippen molar-refractivity contribution in [1.82, 2.24) is 5.32 Å². The summed E-state index contributed by atoms with van der Waals surface area (Å²) in [4.78, 5) is 0. The third-order valence-corrected chi connectivity index (χ3v) is 4.28. The Morgan fingerprint density at radius 3 is 2.58 bits per heavy atom. The molecular formula is C17H27NO. The molecule has 2 rings (SSSR count). The quantitative estimate of drug-likeness (QED) is 0.703. The summed E-state index contributed by atoms with van der Waals surface area (Å²) in [7, 11) is 0. The van der Waals surface area contributed by atoms with Crippen molar-refractivity contribution in [1.29, 1.82) is 0 Å². The molecule has 0 atom stereocenters. The number of aliphatic hydroxyl groups excluding tert-OH is 1. The van der Waals surface area contributed by atoms with E-state index < -0.39 is 0 Å². The van der Waals surface area contributed by atoms with Crippen LogP contribution in [0.3, 0.4) is 0 Å². The van der Waals surface area contributed by atoms with Crippen molar-refractivity contribution in [3.05, 3.63) is 35.4 Å². The second-order valence-corrected chi connectivity index (χ2v) is 5.81. The number of rotatable bonds is 8. The van der Waals surface area contributed by atoms with Gasteiger partial charge in [0.1, 0.15) is 0 Å². The molecule has 0 unspecified atom stereocenters. The Labute approximate surface area is 117 Å². The van der Waals surface area contributed by atoms with Gasteiger partial charge in [0.15, 0.2) is 0 Å². The first-order valence-electron chi connectivity index (χ1n) is 7.71. The van der Waals surface area contributed by atoms with Gasteiger partial charge >= 0.3 is 0 Å². The van der Waals surface area contributed by atoms with Crippen LogP contribution in [0.5, 0.6) is 0 Å². The molecule has 2 nitrogen and oxygen atoms in total. The lowest BCUT2D eigenvalue weighted by atomic mass is 9.74. The highest BCUT2D eigenvalue weighted by atomic mass is 16.2. The van der Waals surface area contributed by atoms with Crippen LogP contribution in [0.4, 0.5) is 0 Å². The van der Waals surface area contributed by atoms with Crippen molar-refractivity contribution in [2.45, 2.75) is 57.4 Å². The fraction of sp³-hybridized carbons (Fsp3) is 0.647. The van der Waals surface area contributed by atoms with E-state index in [1.807, 2.05) is 0 Å². The van der Waals surface area contributed by atoms with Crippen LogP contribution in [0.1, 0.15) is 55.6 Å². The van der Waals surface area contributed by atoms with Crippen molar-refractivity contribution in [3.63, 3.8) is 0 Å². The van der Waals surface area contributed by atoms with Crippen molar-refractivity contribution < 1.29 is 5.11 Å². The molecule has 2 N–H and O–H groups in total. The van der Waals surface area contributed by atoms with Crippen molar-refractivity contribution in [2.75, 3.05) is 13.2 Å². The summed E-state index contributed by atoms with van der Waals surface area (Å²) in [5, 5.41) is 12.4. The molecular weight excluding hydrogens is 234 g/mol. The molecule has 0 amide bonds. The van der Waals surface area contributed by atoms with Gasteiger partial charge in [-0.3, -0.25) is 0 Å². The highest BCUT2D eigenvalue weighted by Gasteiger charge is 2.30. The Bertz CT molecular complexity index is 371. The summed E-state index contributed by atoms with van der Waals surface area (Å²) in [6.07, 6.45) is 7.18. The molecule has 0 bridgehead atoms. The van der Waals surface area contributed by atoms with Gasteiger partial charge in [0.05, 0.1) is 0 Å². The minimum Gasteiger partial charge on any atom is -0.396 e. The van der Waals surface area contributed by atoms with Gasteiger partial charge < -0.3 is 10.4 Å². The average Bonchev–Trinajstić information content (AvgIpc) is 2.37. The molecule has 0 saturated heterocycles. The summed E-state index contributed by atoms with van der Waals surface area (Å²) in [6.45, 7) is 3.70. The molecule has 1 aliphatic rings. The largest absolute Gasteiger partial charge is 0.396 e. The zero-order chi connectivity index (χ0) is 13.5. The van der Waals surface area contributed by atoms with Crippen molar-refractivity contribution >= 4 is 0 Å². The third-order valence-electron chi connectivity index (χ3n) is 4.28. The monoisotopic (exact) mass is 261 g/mol. The maximum absolute atomic E-state index is 8.70. The number of hydrogen-bond donors (Lipinski definition) is 2. The highest BCUT2D eigenvalue weighted by Crippen LogP contribution is 2.38. The van der Waals surface area contributed by atoms with Gasteiger partial charge in [0.2, 0.25) is 0 Å². The van der Waals surface area contributed by atoms with Crippen LogP contribution in [0.25, 0.3) is 0 Å². The van der Waals surface area contributed by atoms with E-state index in [4.69, 9.17) is 5.11 Å². The maximum atomic E-state index is 8.70. The van der Waals surface area contributed by atoms with Crippen molar-refractivity contribution in [2.24, 2.45) is 0 Å². The Morgan fingerprint density at radius 1 is 1.11 bits per heavy atom. The standard InChI is InChI=1S/C17H27NO/c1-14-8-4-5-9-17(14)15-12-16(13-15)18-10-6-2-3-7-11-19/h4-5,8-9,15-16,18-19H,2-3,6-7,10-13H2,1H3. The number of aryl methyl sites for hydroxylation is 1. The van der Waals surface area contributed by atoms with E-state index in [9.17, 15) is 0 Å². The molecule has 0 aromatic heterocycles. The Kier molecular flexibility index (Phi) is 5.87. The van der Waals surface area contributed by atoms with Gasteiger partial charge in [-0.1, -0.05) is 37.1 Å². The Balaban J connectivity index is 1.58. The summed E-state index contributed by atoms with van der Waals surface area (Å²) in [5.41, 5.74) is 2.98. The molecule has 1 fully saturated rings. The first kappa shape index (κ1) is 14.5. The number of hydrogen-bond acceptors (Lipinski definition) is 2. The zero-order valence-electron chi connectivity index (χ0n) is 12.1. The molecule has 19 heavy (non-hydrogen) atoms. The number of nitrogens with one attached hydrogen (secondary N) is 1. The predicted octanol–water partition coefficient (Wildman–Crippen LogP) is 3.38. The van der Waals surface area contributed by atoms with E-state index in [1.54, 1.807) is 5.56 Å². The van der Waals surface area contributed by atoms with Gasteiger partial charge in [-0.15, -0.1) is 0 Å². The van der Waals surface area contributed by atoms with Crippen LogP contribution in [0.2, 0.25) is 0 Å². The lowest BCUT2D eigenvalue weighted by Gasteiger charge is -2.37. The lowest BCUT2D eigenvalue weighted by molar-refractivity contribution is 0.277. The topological polar surface area (TPSA) is 32.3 Å². The Hall–Kier alpha value is -0.860. The first-order chi connectivity index (χ1) is 9.31. The first-order valence-corrected chi connectivity index (χ1v) is 7.71. The predicted molar refractivity (Wildman–Crippen MR) is 80.5 cm³/mol. The second kappa shape index (κ2) is 7.66. The van der Waals surface area contributed by atoms with Crippen LogP contribution < -0.4 is 5.32 Å². The minimum atomic E-state index is 0.341. The number of benzene rings is 1. The Morgan fingerprint density at radius 2 is 1.84 bits per heavy atom. The van der Waals surface area contributed by atoms with E-state index in [2.05, 4.69) is 36.5 Å². The van der Waals surface area contributed by atoms with E-state index in [0.717, 1.165) is 31.3 Å². The number of aliphatic hydroxyl groups is 1. The average molecular weight is 261 g/mol. The molecule has 2 heteroatoms. The molecule has 1 aromatic rings. The molecule has 106 valence electrons. The van der Waals surface area contributed by atoms with E-state index in [0.29, 0.717) is 6.61 Å². The molecule has 1 aliphatic carbocycles. The normalized spacial score (nSPS) is 22.2. The molecule has 0 radical (unpaired) electrons. The van der Waals surface area contributed by atoms with Crippen LogP contribution >= 0.6 is 0 Å². The summed E-state index contributed by atoms with van der Waals surface area (Å²) < 4.78 is 0.